The van der Waals surface area contributed by atoms with Crippen LogP contribution in [0.25, 0.3) is 0 Å². The standard InChI is InChI=1S/C20H19NO3/c1-21-13-12-17(22)20(24-14-15-8-4-2-5-9-15)18(21)19(23)16-10-6-3-7-11-16/h2-13,19,23H,14H2,1H3. The summed E-state index contributed by atoms with van der Waals surface area (Å²) in [7, 11) is 1.79. The Bertz CT molecular complexity index is 857. The molecule has 4 nitrogen and oxygen atoms in total. The Kier molecular flexibility index (Phi) is 4.77. The third-order valence-electron chi connectivity index (χ3n) is 3.89. The minimum absolute atomic E-state index is 0.181. The van der Waals surface area contributed by atoms with Crippen molar-refractivity contribution in [2.75, 3.05) is 0 Å². The van der Waals surface area contributed by atoms with E-state index in [-0.39, 0.29) is 17.8 Å². The summed E-state index contributed by atoms with van der Waals surface area (Å²) in [5, 5.41) is 10.7. The molecule has 122 valence electrons. The molecule has 0 saturated carbocycles. The van der Waals surface area contributed by atoms with Crippen molar-refractivity contribution in [2.45, 2.75) is 12.7 Å². The molecule has 0 amide bonds. The van der Waals surface area contributed by atoms with E-state index in [9.17, 15) is 9.90 Å². The van der Waals surface area contributed by atoms with Crippen LogP contribution in [0.4, 0.5) is 0 Å². The first kappa shape index (κ1) is 16.0. The van der Waals surface area contributed by atoms with Crippen LogP contribution in [-0.2, 0) is 13.7 Å². The first-order valence-electron chi connectivity index (χ1n) is 7.76. The lowest BCUT2D eigenvalue weighted by Gasteiger charge is -2.19. The van der Waals surface area contributed by atoms with Crippen molar-refractivity contribution in [2.24, 2.45) is 7.05 Å². The summed E-state index contributed by atoms with van der Waals surface area (Å²) < 4.78 is 7.51. The molecule has 0 radical (unpaired) electrons. The maximum Gasteiger partial charge on any atom is 0.223 e. The molecule has 1 N–H and O–H groups in total. The first-order chi connectivity index (χ1) is 11.7. The largest absolute Gasteiger partial charge is 0.483 e. The Morgan fingerprint density at radius 3 is 2.29 bits per heavy atom. The van der Waals surface area contributed by atoms with Crippen LogP contribution < -0.4 is 10.2 Å². The Labute approximate surface area is 140 Å². The van der Waals surface area contributed by atoms with Crippen LogP contribution in [0.5, 0.6) is 5.75 Å². The smallest absolute Gasteiger partial charge is 0.223 e. The van der Waals surface area contributed by atoms with Gasteiger partial charge in [-0.15, -0.1) is 0 Å². The molecule has 3 rings (SSSR count). The quantitative estimate of drug-likeness (QED) is 0.786. The monoisotopic (exact) mass is 321 g/mol. The molecule has 24 heavy (non-hydrogen) atoms. The van der Waals surface area contributed by atoms with E-state index in [1.54, 1.807) is 17.8 Å². The zero-order valence-electron chi connectivity index (χ0n) is 13.4. The van der Waals surface area contributed by atoms with Gasteiger partial charge in [0.1, 0.15) is 12.7 Å². The van der Waals surface area contributed by atoms with Gasteiger partial charge < -0.3 is 14.4 Å². The molecule has 0 aliphatic carbocycles. The highest BCUT2D eigenvalue weighted by Gasteiger charge is 2.20. The molecule has 1 atom stereocenters. The van der Waals surface area contributed by atoms with Gasteiger partial charge in [-0.1, -0.05) is 60.7 Å². The average molecular weight is 321 g/mol. The molecule has 0 fully saturated rings. The van der Waals surface area contributed by atoms with Crippen LogP contribution in [0.2, 0.25) is 0 Å². The van der Waals surface area contributed by atoms with Crippen LogP contribution in [0, 0.1) is 0 Å². The van der Waals surface area contributed by atoms with Crippen molar-refractivity contribution in [3.8, 4) is 5.75 Å². The second-order valence-electron chi connectivity index (χ2n) is 5.59. The molecule has 0 aliphatic rings. The number of ether oxygens (including phenoxy) is 1. The van der Waals surface area contributed by atoms with Crippen molar-refractivity contribution < 1.29 is 9.84 Å². The van der Waals surface area contributed by atoms with E-state index in [1.807, 2.05) is 60.7 Å². The van der Waals surface area contributed by atoms with E-state index in [1.165, 1.54) is 6.07 Å². The highest BCUT2D eigenvalue weighted by atomic mass is 16.5. The molecule has 0 saturated heterocycles. The van der Waals surface area contributed by atoms with Gasteiger partial charge in [0.15, 0.2) is 5.75 Å². The topological polar surface area (TPSA) is 51.5 Å². The summed E-state index contributed by atoms with van der Waals surface area (Å²) >= 11 is 0. The lowest BCUT2D eigenvalue weighted by Crippen LogP contribution is -2.18. The Balaban J connectivity index is 1.96. The van der Waals surface area contributed by atoms with Gasteiger partial charge in [0, 0.05) is 19.3 Å². The Hall–Kier alpha value is -2.85. The van der Waals surface area contributed by atoms with Crippen molar-refractivity contribution in [3.05, 3.63) is 100.0 Å². The molecule has 0 aliphatic heterocycles. The number of hydrogen-bond acceptors (Lipinski definition) is 3. The third-order valence-corrected chi connectivity index (χ3v) is 3.89. The van der Waals surface area contributed by atoms with Crippen LogP contribution in [0.3, 0.4) is 0 Å². The first-order valence-corrected chi connectivity index (χ1v) is 7.76. The van der Waals surface area contributed by atoms with Gasteiger partial charge in [-0.2, -0.15) is 0 Å². The number of benzene rings is 2. The maximum absolute atomic E-state index is 12.3. The number of nitrogens with zero attached hydrogens (tertiary/aromatic N) is 1. The molecule has 3 aromatic rings. The summed E-state index contributed by atoms with van der Waals surface area (Å²) in [5.41, 5.74) is 1.88. The van der Waals surface area contributed by atoms with Gasteiger partial charge in [-0.3, -0.25) is 4.79 Å². The van der Waals surface area contributed by atoms with Gasteiger partial charge in [0.05, 0.1) is 5.69 Å². The molecule has 1 unspecified atom stereocenters. The minimum Gasteiger partial charge on any atom is -0.483 e. The highest BCUT2D eigenvalue weighted by Crippen LogP contribution is 2.27. The van der Waals surface area contributed by atoms with E-state index in [0.717, 1.165) is 5.56 Å². The van der Waals surface area contributed by atoms with Crippen LogP contribution in [0.1, 0.15) is 22.9 Å². The lowest BCUT2D eigenvalue weighted by atomic mass is 10.0. The summed E-state index contributed by atoms with van der Waals surface area (Å²) in [6, 6.07) is 20.3. The Morgan fingerprint density at radius 1 is 1.00 bits per heavy atom. The van der Waals surface area contributed by atoms with Gasteiger partial charge in [0.2, 0.25) is 5.43 Å². The fraction of sp³-hybridized carbons (Fsp3) is 0.150. The van der Waals surface area contributed by atoms with Crippen LogP contribution in [0.15, 0.2) is 77.7 Å². The van der Waals surface area contributed by atoms with E-state index in [4.69, 9.17) is 4.74 Å². The van der Waals surface area contributed by atoms with Gasteiger partial charge in [-0.25, -0.2) is 0 Å². The molecule has 2 aromatic carbocycles. The molecular formula is C20H19NO3. The van der Waals surface area contributed by atoms with Crippen molar-refractivity contribution in [3.63, 3.8) is 0 Å². The van der Waals surface area contributed by atoms with Gasteiger partial charge in [-0.05, 0) is 11.1 Å². The average Bonchev–Trinajstić information content (AvgIpc) is 2.63. The summed E-state index contributed by atoms with van der Waals surface area (Å²) in [6.07, 6.45) is 0.704. The number of aromatic nitrogens is 1. The lowest BCUT2D eigenvalue weighted by molar-refractivity contribution is 0.197. The van der Waals surface area contributed by atoms with Crippen molar-refractivity contribution in [1.29, 1.82) is 0 Å². The molecular weight excluding hydrogens is 302 g/mol. The van der Waals surface area contributed by atoms with Gasteiger partial charge in [0.25, 0.3) is 0 Å². The Morgan fingerprint density at radius 2 is 1.62 bits per heavy atom. The SMILES string of the molecule is Cn1ccc(=O)c(OCc2ccccc2)c1C(O)c1ccccc1. The maximum atomic E-state index is 12.3. The van der Waals surface area contributed by atoms with Crippen molar-refractivity contribution in [1.82, 2.24) is 4.57 Å². The second kappa shape index (κ2) is 7.15. The zero-order valence-corrected chi connectivity index (χ0v) is 13.4. The summed E-state index contributed by atoms with van der Waals surface area (Å²) in [4.78, 5) is 12.3. The number of hydrogen-bond donors (Lipinski definition) is 1. The minimum atomic E-state index is -0.934. The summed E-state index contributed by atoms with van der Waals surface area (Å²) in [5.74, 6) is 0.181. The van der Waals surface area contributed by atoms with E-state index < -0.39 is 6.10 Å². The molecule has 4 heteroatoms. The number of aliphatic hydroxyl groups is 1. The molecule has 1 heterocycles. The second-order valence-corrected chi connectivity index (χ2v) is 5.59. The predicted octanol–water partition coefficient (Wildman–Crippen LogP) is 3.05. The van der Waals surface area contributed by atoms with E-state index in [0.29, 0.717) is 11.3 Å². The number of aliphatic hydroxyl groups excluding tert-OH is 1. The third kappa shape index (κ3) is 3.39. The normalized spacial score (nSPS) is 11.9. The zero-order chi connectivity index (χ0) is 16.9. The van der Waals surface area contributed by atoms with E-state index >= 15 is 0 Å². The molecule has 0 spiro atoms. The van der Waals surface area contributed by atoms with Crippen molar-refractivity contribution >= 4 is 0 Å². The van der Waals surface area contributed by atoms with Crippen LogP contribution in [-0.4, -0.2) is 9.67 Å². The number of aryl methyl sites for hydroxylation is 1. The van der Waals surface area contributed by atoms with E-state index in [2.05, 4.69) is 0 Å². The fourth-order valence-corrected chi connectivity index (χ4v) is 2.61. The molecule has 1 aromatic heterocycles. The fourth-order valence-electron chi connectivity index (χ4n) is 2.61. The van der Waals surface area contributed by atoms with Gasteiger partial charge >= 0.3 is 0 Å². The van der Waals surface area contributed by atoms with Crippen LogP contribution >= 0.6 is 0 Å². The number of pyridine rings is 1. The highest BCUT2D eigenvalue weighted by molar-refractivity contribution is 5.36. The number of rotatable bonds is 5. The summed E-state index contributed by atoms with van der Waals surface area (Å²) in [6.45, 7) is 0.272. The molecule has 0 bridgehead atoms. The predicted molar refractivity (Wildman–Crippen MR) is 93.0 cm³/mol.